The van der Waals surface area contributed by atoms with E-state index >= 15 is 0 Å². The van der Waals surface area contributed by atoms with E-state index in [1.807, 2.05) is 26.0 Å². The summed E-state index contributed by atoms with van der Waals surface area (Å²) in [5.41, 5.74) is 2.18. The predicted octanol–water partition coefficient (Wildman–Crippen LogP) is 3.87. The lowest BCUT2D eigenvalue weighted by Crippen LogP contribution is -2.46. The molecule has 1 aromatic rings. The van der Waals surface area contributed by atoms with Crippen molar-refractivity contribution in [2.24, 2.45) is 0 Å². The molecule has 2 nitrogen and oxygen atoms in total. The van der Waals surface area contributed by atoms with Gasteiger partial charge in [-0.3, -0.25) is 0 Å². The van der Waals surface area contributed by atoms with Crippen molar-refractivity contribution in [3.8, 4) is 5.75 Å². The van der Waals surface area contributed by atoms with Crippen LogP contribution in [0.1, 0.15) is 37.3 Å². The van der Waals surface area contributed by atoms with E-state index in [4.69, 9.17) is 16.3 Å². The summed E-state index contributed by atoms with van der Waals surface area (Å²) in [5, 5.41) is 4.36. The van der Waals surface area contributed by atoms with Crippen LogP contribution in [0.15, 0.2) is 12.1 Å². The van der Waals surface area contributed by atoms with E-state index < -0.39 is 0 Å². The third-order valence-electron chi connectivity index (χ3n) is 3.49. The van der Waals surface area contributed by atoms with Gasteiger partial charge in [0.25, 0.3) is 0 Å². The molecule has 1 aromatic carbocycles. The summed E-state index contributed by atoms with van der Waals surface area (Å²) in [6.07, 6.45) is 3.78. The Bertz CT molecular complexity index is 390. The van der Waals surface area contributed by atoms with Crippen LogP contribution in [-0.2, 0) is 0 Å². The molecule has 0 aliphatic heterocycles. The number of hydrogen-bond acceptors (Lipinski definition) is 2. The van der Waals surface area contributed by atoms with Crippen LogP contribution < -0.4 is 10.1 Å². The predicted molar refractivity (Wildman–Crippen MR) is 76.7 cm³/mol. The van der Waals surface area contributed by atoms with Gasteiger partial charge in [-0.05, 0) is 62.9 Å². The number of halogens is 1. The Kier molecular flexibility index (Phi) is 4.52. The molecule has 1 aliphatic carbocycles. The highest BCUT2D eigenvalue weighted by Gasteiger charge is 2.30. The van der Waals surface area contributed by atoms with E-state index in [9.17, 15) is 0 Å². The summed E-state index contributed by atoms with van der Waals surface area (Å²) in [5.74, 6) is 0.952. The zero-order chi connectivity index (χ0) is 13.1. The maximum Gasteiger partial charge on any atom is 0.120 e. The summed E-state index contributed by atoms with van der Waals surface area (Å²) in [4.78, 5) is 0. The first-order valence-electron chi connectivity index (χ1n) is 6.77. The summed E-state index contributed by atoms with van der Waals surface area (Å²) < 4.78 is 5.98. The first-order chi connectivity index (χ1) is 8.60. The Morgan fingerprint density at radius 2 is 1.89 bits per heavy atom. The monoisotopic (exact) mass is 267 g/mol. The minimum absolute atomic E-state index is 0.360. The zero-order valence-electron chi connectivity index (χ0n) is 11.4. The van der Waals surface area contributed by atoms with Crippen molar-refractivity contribution >= 4 is 11.6 Å². The Hall–Kier alpha value is -0.730. The molecule has 0 amide bonds. The molecule has 0 saturated heterocycles. The SMILES string of the molecule is CCCNC1CC(Oc2cc(C)c(Cl)c(C)c2)C1. The number of nitrogens with one attached hydrogen (secondary N) is 1. The fraction of sp³-hybridized carbons (Fsp3) is 0.600. The van der Waals surface area contributed by atoms with Gasteiger partial charge in [0, 0.05) is 11.1 Å². The number of benzene rings is 1. The minimum atomic E-state index is 0.360. The Labute approximate surface area is 115 Å². The van der Waals surface area contributed by atoms with Crippen molar-refractivity contribution in [2.75, 3.05) is 6.54 Å². The van der Waals surface area contributed by atoms with E-state index in [0.29, 0.717) is 12.1 Å². The van der Waals surface area contributed by atoms with Gasteiger partial charge in [0.15, 0.2) is 0 Å². The van der Waals surface area contributed by atoms with Crippen LogP contribution in [0.5, 0.6) is 5.75 Å². The van der Waals surface area contributed by atoms with Crippen molar-refractivity contribution in [1.29, 1.82) is 0 Å². The molecule has 0 spiro atoms. The van der Waals surface area contributed by atoms with Gasteiger partial charge in [0.05, 0.1) is 0 Å². The molecule has 0 unspecified atom stereocenters. The Morgan fingerprint density at radius 3 is 2.44 bits per heavy atom. The Balaban J connectivity index is 1.85. The van der Waals surface area contributed by atoms with Gasteiger partial charge in [0.2, 0.25) is 0 Å². The van der Waals surface area contributed by atoms with Gasteiger partial charge in [-0.15, -0.1) is 0 Å². The fourth-order valence-corrected chi connectivity index (χ4v) is 2.45. The largest absolute Gasteiger partial charge is 0.490 e. The van der Waals surface area contributed by atoms with Crippen LogP contribution >= 0.6 is 11.6 Å². The molecule has 1 saturated carbocycles. The molecule has 0 aromatic heterocycles. The van der Waals surface area contributed by atoms with Crippen molar-refractivity contribution in [2.45, 2.75) is 52.2 Å². The molecule has 1 aliphatic rings. The van der Waals surface area contributed by atoms with E-state index in [1.54, 1.807) is 0 Å². The molecule has 2 rings (SSSR count). The molecule has 0 heterocycles. The van der Waals surface area contributed by atoms with Crippen molar-refractivity contribution in [1.82, 2.24) is 5.32 Å². The number of aryl methyl sites for hydroxylation is 2. The first kappa shape index (κ1) is 13.7. The van der Waals surface area contributed by atoms with Crippen LogP contribution in [-0.4, -0.2) is 18.7 Å². The normalized spacial score (nSPS) is 22.7. The van der Waals surface area contributed by atoms with Crippen LogP contribution in [0.25, 0.3) is 0 Å². The highest BCUT2D eigenvalue weighted by Crippen LogP contribution is 2.30. The highest BCUT2D eigenvalue weighted by molar-refractivity contribution is 6.32. The summed E-state index contributed by atoms with van der Waals surface area (Å²) in [6, 6.07) is 4.70. The number of hydrogen-bond donors (Lipinski definition) is 1. The summed E-state index contributed by atoms with van der Waals surface area (Å²) in [6.45, 7) is 7.35. The molecule has 1 fully saturated rings. The highest BCUT2D eigenvalue weighted by atomic mass is 35.5. The average molecular weight is 268 g/mol. The Morgan fingerprint density at radius 1 is 1.28 bits per heavy atom. The second kappa shape index (κ2) is 5.94. The lowest BCUT2D eigenvalue weighted by atomic mass is 9.89. The maximum atomic E-state index is 6.15. The molecule has 1 N–H and O–H groups in total. The molecular formula is C15H22ClNO. The third-order valence-corrected chi connectivity index (χ3v) is 4.09. The van der Waals surface area contributed by atoms with Crippen molar-refractivity contribution < 1.29 is 4.74 Å². The molecule has 0 bridgehead atoms. The van der Waals surface area contributed by atoms with Gasteiger partial charge in [0.1, 0.15) is 11.9 Å². The van der Waals surface area contributed by atoms with E-state index in [2.05, 4.69) is 12.2 Å². The van der Waals surface area contributed by atoms with Crippen LogP contribution in [0.3, 0.4) is 0 Å². The van der Waals surface area contributed by atoms with Crippen LogP contribution in [0, 0.1) is 13.8 Å². The topological polar surface area (TPSA) is 21.3 Å². The second-order valence-corrected chi connectivity index (χ2v) is 5.61. The lowest BCUT2D eigenvalue weighted by Gasteiger charge is -2.36. The van der Waals surface area contributed by atoms with Crippen LogP contribution in [0.2, 0.25) is 5.02 Å². The summed E-state index contributed by atoms with van der Waals surface area (Å²) in [7, 11) is 0. The number of rotatable bonds is 5. The maximum absolute atomic E-state index is 6.15. The molecule has 3 heteroatoms. The molecular weight excluding hydrogens is 246 g/mol. The van der Waals surface area contributed by atoms with E-state index in [0.717, 1.165) is 41.3 Å². The lowest BCUT2D eigenvalue weighted by molar-refractivity contribution is 0.0851. The molecule has 100 valence electrons. The van der Waals surface area contributed by atoms with Crippen LogP contribution in [0.4, 0.5) is 0 Å². The van der Waals surface area contributed by atoms with Gasteiger partial charge in [-0.25, -0.2) is 0 Å². The summed E-state index contributed by atoms with van der Waals surface area (Å²) >= 11 is 6.15. The van der Waals surface area contributed by atoms with E-state index in [-0.39, 0.29) is 0 Å². The smallest absolute Gasteiger partial charge is 0.120 e. The standard InChI is InChI=1S/C15H22ClNO/c1-4-5-17-12-8-14(9-12)18-13-6-10(2)15(16)11(3)7-13/h6-7,12,14,17H,4-5,8-9H2,1-3H3. The van der Waals surface area contributed by atoms with E-state index in [1.165, 1.54) is 6.42 Å². The molecule has 0 atom stereocenters. The first-order valence-corrected chi connectivity index (χ1v) is 7.14. The van der Waals surface area contributed by atoms with Crippen molar-refractivity contribution in [3.05, 3.63) is 28.3 Å². The van der Waals surface area contributed by atoms with Crippen molar-refractivity contribution in [3.63, 3.8) is 0 Å². The number of ether oxygens (including phenoxy) is 1. The second-order valence-electron chi connectivity index (χ2n) is 5.23. The fourth-order valence-electron chi connectivity index (χ4n) is 2.34. The minimum Gasteiger partial charge on any atom is -0.490 e. The quantitative estimate of drug-likeness (QED) is 0.875. The van der Waals surface area contributed by atoms with Gasteiger partial charge >= 0.3 is 0 Å². The zero-order valence-corrected chi connectivity index (χ0v) is 12.2. The van der Waals surface area contributed by atoms with Gasteiger partial charge < -0.3 is 10.1 Å². The molecule has 18 heavy (non-hydrogen) atoms. The average Bonchev–Trinajstić information content (AvgIpc) is 2.28. The van der Waals surface area contributed by atoms with Gasteiger partial charge in [-0.2, -0.15) is 0 Å². The molecule has 0 radical (unpaired) electrons. The third kappa shape index (κ3) is 3.18. The van der Waals surface area contributed by atoms with Gasteiger partial charge in [-0.1, -0.05) is 18.5 Å².